The van der Waals surface area contributed by atoms with Crippen LogP contribution in [0.25, 0.3) is 33.6 Å². The molecule has 2 aliphatic carbocycles. The lowest BCUT2D eigenvalue weighted by atomic mass is 9.72. The number of nitrogens with zero attached hydrogens (tertiary/aromatic N) is 6. The van der Waals surface area contributed by atoms with Gasteiger partial charge in [-0.05, 0) is 48.9 Å². The smallest absolute Gasteiger partial charge is 0.219 e. The maximum Gasteiger partial charge on any atom is 0.219 e. The summed E-state index contributed by atoms with van der Waals surface area (Å²) in [5.41, 5.74) is 9.80. The van der Waals surface area contributed by atoms with E-state index >= 15 is 0 Å². The van der Waals surface area contributed by atoms with Gasteiger partial charge in [0.15, 0.2) is 0 Å². The van der Waals surface area contributed by atoms with E-state index in [0.717, 1.165) is 117 Å². The van der Waals surface area contributed by atoms with Gasteiger partial charge in [-0.2, -0.15) is 0 Å². The Morgan fingerprint density at radius 2 is 1.11 bits per heavy atom. The fraction of sp³-hybridized carbons (Fsp3) is 0.442. The van der Waals surface area contributed by atoms with E-state index in [1.165, 1.54) is 16.7 Å². The Hall–Kier alpha value is -4.22. The van der Waals surface area contributed by atoms with Crippen molar-refractivity contribution in [2.75, 3.05) is 66.6 Å². The molecule has 5 aliphatic rings. The van der Waals surface area contributed by atoms with Crippen LogP contribution in [0.5, 0.6) is 11.8 Å². The van der Waals surface area contributed by atoms with Crippen LogP contribution >= 0.6 is 23.2 Å². The Balaban J connectivity index is 0.988. The highest BCUT2D eigenvalue weighted by molar-refractivity contribution is 6.39. The molecule has 0 bridgehead atoms. The van der Waals surface area contributed by atoms with E-state index in [-0.39, 0.29) is 29.3 Å². The molecule has 0 radical (unpaired) electrons. The van der Waals surface area contributed by atoms with Gasteiger partial charge in [0, 0.05) is 117 Å². The largest absolute Gasteiger partial charge is 0.481 e. The summed E-state index contributed by atoms with van der Waals surface area (Å²) in [7, 11) is 3.37. The molecule has 10 nitrogen and oxygen atoms in total. The minimum atomic E-state index is 0.131. The van der Waals surface area contributed by atoms with Gasteiger partial charge < -0.3 is 19.3 Å². The Labute approximate surface area is 332 Å². The Kier molecular flexibility index (Phi) is 9.31. The zero-order valence-corrected chi connectivity index (χ0v) is 33.3. The molecule has 3 saturated heterocycles. The molecule has 2 amide bonds. The van der Waals surface area contributed by atoms with Crippen molar-refractivity contribution < 1.29 is 19.1 Å². The lowest BCUT2D eigenvalue weighted by molar-refractivity contribution is -0.161. The van der Waals surface area contributed by atoms with Crippen LogP contribution in [0.4, 0.5) is 0 Å². The molecule has 3 aliphatic heterocycles. The molecule has 2 aromatic heterocycles. The highest BCUT2D eigenvalue weighted by Crippen LogP contribution is 2.51. The number of fused-ring (bicyclic) bond motifs is 2. The van der Waals surface area contributed by atoms with Crippen LogP contribution in [0.15, 0.2) is 48.5 Å². The first-order chi connectivity index (χ1) is 26.6. The maximum absolute atomic E-state index is 11.9. The number of aromatic nitrogens is 2. The van der Waals surface area contributed by atoms with Crippen molar-refractivity contribution >= 4 is 35.0 Å². The third-order valence-corrected chi connectivity index (χ3v) is 13.5. The molecule has 9 rings (SSSR count). The summed E-state index contributed by atoms with van der Waals surface area (Å²) in [6, 6.07) is 16.8. The number of amides is 2. The molecule has 1 spiro atoms. The van der Waals surface area contributed by atoms with Crippen LogP contribution in [-0.2, 0) is 22.4 Å². The summed E-state index contributed by atoms with van der Waals surface area (Å²) in [6.45, 7) is 10.1. The molecule has 286 valence electrons. The number of benzene rings is 2. The maximum atomic E-state index is 11.9. The number of pyridine rings is 2. The van der Waals surface area contributed by atoms with Crippen molar-refractivity contribution in [3.63, 3.8) is 0 Å². The third-order valence-electron chi connectivity index (χ3n) is 12.7. The van der Waals surface area contributed by atoms with Crippen molar-refractivity contribution in [3.8, 4) is 45.4 Å². The fourth-order valence-corrected chi connectivity index (χ4v) is 10.6. The topological polar surface area (TPSA) is 91.3 Å². The molecule has 2 atom stereocenters. The zero-order chi connectivity index (χ0) is 38.2. The lowest BCUT2D eigenvalue weighted by Gasteiger charge is -2.61. The van der Waals surface area contributed by atoms with Crippen LogP contribution in [0.1, 0.15) is 61.0 Å². The van der Waals surface area contributed by atoms with Crippen molar-refractivity contribution in [3.05, 3.63) is 80.8 Å². The minimum Gasteiger partial charge on any atom is -0.481 e. The molecule has 5 heterocycles. The van der Waals surface area contributed by atoms with Gasteiger partial charge in [-0.15, -0.1) is 0 Å². The van der Waals surface area contributed by atoms with E-state index in [9.17, 15) is 9.59 Å². The molecule has 0 N–H and O–H groups in total. The number of methoxy groups -OCH3 is 2. The highest BCUT2D eigenvalue weighted by atomic mass is 35.5. The van der Waals surface area contributed by atoms with Crippen molar-refractivity contribution in [2.24, 2.45) is 5.41 Å². The average molecular weight is 782 g/mol. The van der Waals surface area contributed by atoms with Gasteiger partial charge in [-0.25, -0.2) is 9.97 Å². The monoisotopic (exact) mass is 780 g/mol. The second kappa shape index (κ2) is 14.1. The molecule has 55 heavy (non-hydrogen) atoms. The van der Waals surface area contributed by atoms with Gasteiger partial charge in [0.2, 0.25) is 23.6 Å². The number of aryl methyl sites for hydroxylation is 2. The molecule has 4 aromatic rings. The quantitative estimate of drug-likeness (QED) is 0.196. The van der Waals surface area contributed by atoms with Crippen LogP contribution in [0.3, 0.4) is 0 Å². The SMILES string of the molecule is COc1nc(-c2cccc(-c3cccc(-c4cc5c(c(OC)n4)[C@H](N4CC6(CN(C(C)=O)C6)C4)CC5)c3Cl)c2Cl)cc2c1[C@H](N1CCN(C(C)=O)CC1)CC2. The number of hydrogen-bond donors (Lipinski definition) is 0. The Morgan fingerprint density at radius 3 is 1.56 bits per heavy atom. The molecule has 0 unspecified atom stereocenters. The lowest BCUT2D eigenvalue weighted by Crippen LogP contribution is -2.72. The second-order valence-electron chi connectivity index (χ2n) is 15.9. The molecule has 0 saturated carbocycles. The number of likely N-dealkylation sites (tertiary alicyclic amines) is 2. The van der Waals surface area contributed by atoms with Crippen LogP contribution < -0.4 is 9.47 Å². The number of rotatable bonds is 7. The number of ether oxygens (including phenoxy) is 2. The Morgan fingerprint density at radius 1 is 0.655 bits per heavy atom. The summed E-state index contributed by atoms with van der Waals surface area (Å²) in [4.78, 5) is 42.6. The van der Waals surface area contributed by atoms with Gasteiger partial charge in [-0.3, -0.25) is 19.4 Å². The molecular weight excluding hydrogens is 735 g/mol. The number of piperazine rings is 1. The van der Waals surface area contributed by atoms with E-state index in [1.54, 1.807) is 28.1 Å². The zero-order valence-electron chi connectivity index (χ0n) is 31.8. The van der Waals surface area contributed by atoms with E-state index in [4.69, 9.17) is 42.6 Å². The number of hydrogen-bond acceptors (Lipinski definition) is 8. The number of halogens is 2. The number of carbonyl (C=O) groups is 2. The fourth-order valence-electron chi connectivity index (χ4n) is 9.93. The predicted molar refractivity (Wildman–Crippen MR) is 214 cm³/mol. The van der Waals surface area contributed by atoms with Crippen LogP contribution in [0, 0.1) is 5.41 Å². The first-order valence-electron chi connectivity index (χ1n) is 19.3. The number of carbonyl (C=O) groups excluding carboxylic acids is 2. The van der Waals surface area contributed by atoms with Crippen molar-refractivity contribution in [2.45, 2.75) is 51.6 Å². The van der Waals surface area contributed by atoms with Crippen molar-refractivity contribution in [1.82, 2.24) is 29.6 Å². The van der Waals surface area contributed by atoms with Gasteiger partial charge in [0.05, 0.1) is 35.7 Å². The van der Waals surface area contributed by atoms with Gasteiger partial charge >= 0.3 is 0 Å². The van der Waals surface area contributed by atoms with Gasteiger partial charge in [0.25, 0.3) is 0 Å². The van der Waals surface area contributed by atoms with Crippen LogP contribution in [-0.4, -0.2) is 108 Å². The predicted octanol–water partition coefficient (Wildman–Crippen LogP) is 7.10. The first kappa shape index (κ1) is 36.4. The van der Waals surface area contributed by atoms with E-state index in [0.29, 0.717) is 21.8 Å². The van der Waals surface area contributed by atoms with E-state index in [2.05, 4.69) is 21.9 Å². The summed E-state index contributed by atoms with van der Waals surface area (Å²) in [6.07, 6.45) is 3.85. The van der Waals surface area contributed by atoms with Gasteiger partial charge in [-0.1, -0.05) is 59.6 Å². The normalized spacial score (nSPS) is 21.6. The van der Waals surface area contributed by atoms with E-state index < -0.39 is 0 Å². The first-order valence-corrected chi connectivity index (χ1v) is 20.1. The molecule has 3 fully saturated rings. The minimum absolute atomic E-state index is 0.131. The average Bonchev–Trinajstić information content (AvgIpc) is 3.78. The second-order valence-corrected chi connectivity index (χ2v) is 16.7. The van der Waals surface area contributed by atoms with Crippen LogP contribution in [0.2, 0.25) is 10.0 Å². The van der Waals surface area contributed by atoms with E-state index in [1.807, 2.05) is 46.2 Å². The summed E-state index contributed by atoms with van der Waals surface area (Å²) in [5.74, 6) is 1.57. The third kappa shape index (κ3) is 6.16. The molecule has 12 heteroatoms. The highest BCUT2D eigenvalue weighted by Gasteiger charge is 2.55. The van der Waals surface area contributed by atoms with Gasteiger partial charge in [0.1, 0.15) is 0 Å². The van der Waals surface area contributed by atoms with Crippen molar-refractivity contribution in [1.29, 1.82) is 0 Å². The summed E-state index contributed by atoms with van der Waals surface area (Å²) >= 11 is 14.6. The Bertz CT molecular complexity index is 2210. The standard InChI is InChI=1S/C43H46Cl2N6O4/c1-25(52)48-15-17-49(18-16-48)35-13-11-27-19-33(46-41(54-3)37(27)35)31-9-5-7-29(39(31)44)30-8-6-10-32(40(30)45)34-20-28-12-14-36(38(28)42(47-34)55-4)51-23-43(24-51)21-50(22-43)26(2)53/h5-10,19-20,35-36H,11-18,21-24H2,1-4H3/t35-,36-/m1/s1. The molecule has 2 aromatic carbocycles. The molecular formula is C43H46Cl2N6O4. The summed E-state index contributed by atoms with van der Waals surface area (Å²) in [5, 5.41) is 1.14. The summed E-state index contributed by atoms with van der Waals surface area (Å²) < 4.78 is 11.9.